The molecule has 0 bridgehead atoms. The van der Waals surface area contributed by atoms with E-state index in [1.807, 2.05) is 0 Å². The molecule has 0 spiro atoms. The van der Waals surface area contributed by atoms with Crippen molar-refractivity contribution in [3.63, 3.8) is 0 Å². The highest BCUT2D eigenvalue weighted by Gasteiger charge is 1.91. The van der Waals surface area contributed by atoms with Gasteiger partial charge in [0.15, 0.2) is 0 Å². The van der Waals surface area contributed by atoms with Gasteiger partial charge in [-0.1, -0.05) is 66.6 Å². The van der Waals surface area contributed by atoms with Crippen molar-refractivity contribution in [2.24, 2.45) is 0 Å². The molecule has 0 aliphatic heterocycles. The quantitative estimate of drug-likeness (QED) is 0.261. The Morgan fingerprint density at radius 2 is 1.27 bits per heavy atom. The van der Waals surface area contributed by atoms with Crippen LogP contribution in [0.1, 0.15) is 57.8 Å². The molecule has 0 saturated heterocycles. The van der Waals surface area contributed by atoms with Gasteiger partial charge in [0, 0.05) is 11.2 Å². The van der Waals surface area contributed by atoms with Crippen molar-refractivity contribution in [2.75, 3.05) is 11.2 Å². The zero-order chi connectivity index (χ0) is 11.2. The Bertz CT molecular complexity index is 134. The standard InChI is InChI=1S/C13H24BrCl/c14-12-10-8-6-4-2-1-3-5-7-9-11-13-15/h8,10H,1-7,9,11-13H2/b10-8+. The van der Waals surface area contributed by atoms with Gasteiger partial charge in [0.25, 0.3) is 0 Å². The van der Waals surface area contributed by atoms with Crippen LogP contribution in [0.5, 0.6) is 0 Å². The first kappa shape index (κ1) is 15.5. The van der Waals surface area contributed by atoms with E-state index in [2.05, 4.69) is 28.1 Å². The monoisotopic (exact) mass is 294 g/mol. The molecule has 0 aromatic rings. The molecule has 0 nitrogen and oxygen atoms in total. The number of hydrogen-bond acceptors (Lipinski definition) is 0. The first-order chi connectivity index (χ1) is 7.41. The summed E-state index contributed by atoms with van der Waals surface area (Å²) in [7, 11) is 0. The molecular formula is C13H24BrCl. The molecule has 0 fully saturated rings. The van der Waals surface area contributed by atoms with Crippen LogP contribution in [-0.2, 0) is 0 Å². The van der Waals surface area contributed by atoms with Crippen LogP contribution >= 0.6 is 27.5 Å². The zero-order valence-electron chi connectivity index (χ0n) is 9.69. The van der Waals surface area contributed by atoms with Crippen LogP contribution in [0.25, 0.3) is 0 Å². The van der Waals surface area contributed by atoms with E-state index in [-0.39, 0.29) is 0 Å². The maximum atomic E-state index is 5.61. The van der Waals surface area contributed by atoms with Crippen LogP contribution in [0.4, 0.5) is 0 Å². The highest BCUT2D eigenvalue weighted by atomic mass is 79.9. The number of allylic oxidation sites excluding steroid dienone is 2. The molecule has 0 unspecified atom stereocenters. The van der Waals surface area contributed by atoms with Gasteiger partial charge >= 0.3 is 0 Å². The summed E-state index contributed by atoms with van der Waals surface area (Å²) in [6.07, 6.45) is 16.5. The smallest absolute Gasteiger partial charge is 0.0223 e. The first-order valence-electron chi connectivity index (χ1n) is 6.18. The van der Waals surface area contributed by atoms with Gasteiger partial charge in [-0.3, -0.25) is 0 Å². The Balaban J connectivity index is 2.89. The number of rotatable bonds is 11. The molecule has 90 valence electrons. The molecule has 0 heterocycles. The van der Waals surface area contributed by atoms with Crippen LogP contribution < -0.4 is 0 Å². The normalized spacial score (nSPS) is 11.3. The maximum absolute atomic E-state index is 5.61. The summed E-state index contributed by atoms with van der Waals surface area (Å²) in [4.78, 5) is 0. The van der Waals surface area contributed by atoms with Crippen molar-refractivity contribution >= 4 is 27.5 Å². The molecule has 0 radical (unpaired) electrons. The third kappa shape index (κ3) is 14.5. The van der Waals surface area contributed by atoms with Crippen LogP contribution in [0.3, 0.4) is 0 Å². The van der Waals surface area contributed by atoms with E-state index in [1.54, 1.807) is 0 Å². The molecule has 2 heteroatoms. The molecule has 0 amide bonds. The van der Waals surface area contributed by atoms with E-state index < -0.39 is 0 Å². The fourth-order valence-corrected chi connectivity index (χ4v) is 2.05. The van der Waals surface area contributed by atoms with Crippen LogP contribution in [0.15, 0.2) is 12.2 Å². The highest BCUT2D eigenvalue weighted by Crippen LogP contribution is 2.10. The van der Waals surface area contributed by atoms with Crippen molar-refractivity contribution in [2.45, 2.75) is 57.8 Å². The Morgan fingerprint density at radius 1 is 0.733 bits per heavy atom. The molecule has 0 atom stereocenters. The highest BCUT2D eigenvalue weighted by molar-refractivity contribution is 9.09. The van der Waals surface area contributed by atoms with E-state index in [9.17, 15) is 0 Å². The van der Waals surface area contributed by atoms with E-state index in [1.165, 1.54) is 57.8 Å². The van der Waals surface area contributed by atoms with Gasteiger partial charge in [-0.2, -0.15) is 0 Å². The number of halogens is 2. The lowest BCUT2D eigenvalue weighted by molar-refractivity contribution is 0.578. The summed E-state index contributed by atoms with van der Waals surface area (Å²) in [6, 6.07) is 0. The topological polar surface area (TPSA) is 0 Å². The Labute approximate surface area is 109 Å². The molecule has 0 rings (SSSR count). The second-order valence-corrected chi connectivity index (χ2v) is 4.96. The second-order valence-electron chi connectivity index (χ2n) is 3.93. The van der Waals surface area contributed by atoms with Gasteiger partial charge < -0.3 is 0 Å². The minimum absolute atomic E-state index is 0.833. The fourth-order valence-electron chi connectivity index (χ4n) is 1.60. The molecule has 0 aliphatic rings. The molecule has 0 aromatic heterocycles. The fraction of sp³-hybridized carbons (Fsp3) is 0.846. The van der Waals surface area contributed by atoms with E-state index in [4.69, 9.17) is 11.6 Å². The van der Waals surface area contributed by atoms with Gasteiger partial charge in [-0.25, -0.2) is 0 Å². The van der Waals surface area contributed by atoms with Crippen molar-refractivity contribution < 1.29 is 0 Å². The van der Waals surface area contributed by atoms with Crippen molar-refractivity contribution in [1.29, 1.82) is 0 Å². The summed E-state index contributed by atoms with van der Waals surface area (Å²) in [5.74, 6) is 0.833. The van der Waals surface area contributed by atoms with Gasteiger partial charge in [0.2, 0.25) is 0 Å². The lowest BCUT2D eigenvalue weighted by atomic mass is 10.1. The molecule has 0 N–H and O–H groups in total. The lowest BCUT2D eigenvalue weighted by Gasteiger charge is -2.00. The second kappa shape index (κ2) is 14.5. The van der Waals surface area contributed by atoms with Gasteiger partial charge in [-0.15, -0.1) is 11.6 Å². The number of hydrogen-bond donors (Lipinski definition) is 0. The largest absolute Gasteiger partial charge is 0.127 e. The Hall–Kier alpha value is 0.510. The van der Waals surface area contributed by atoms with E-state index >= 15 is 0 Å². The average molecular weight is 296 g/mol. The third-order valence-corrected chi connectivity index (χ3v) is 3.15. The predicted octanol–water partition coefficient (Wildman–Crippen LogP) is 5.69. The van der Waals surface area contributed by atoms with Crippen LogP contribution in [0, 0.1) is 0 Å². The van der Waals surface area contributed by atoms with Crippen molar-refractivity contribution in [3.05, 3.63) is 12.2 Å². The van der Waals surface area contributed by atoms with Crippen LogP contribution in [0.2, 0.25) is 0 Å². The Morgan fingerprint density at radius 3 is 1.80 bits per heavy atom. The van der Waals surface area contributed by atoms with Crippen molar-refractivity contribution in [1.82, 2.24) is 0 Å². The summed E-state index contributed by atoms with van der Waals surface area (Å²) in [6.45, 7) is 0. The average Bonchev–Trinajstić information content (AvgIpc) is 2.26. The molecule has 15 heavy (non-hydrogen) atoms. The first-order valence-corrected chi connectivity index (χ1v) is 7.84. The minimum Gasteiger partial charge on any atom is -0.127 e. The SMILES string of the molecule is ClCCCCCCCCCC/C=C/CBr. The molecule has 0 aliphatic carbocycles. The zero-order valence-corrected chi connectivity index (χ0v) is 12.0. The summed E-state index contributed by atoms with van der Waals surface area (Å²) < 4.78 is 0. The third-order valence-electron chi connectivity index (χ3n) is 2.51. The minimum atomic E-state index is 0.833. The van der Waals surface area contributed by atoms with Crippen LogP contribution in [-0.4, -0.2) is 11.2 Å². The predicted molar refractivity (Wildman–Crippen MR) is 75.2 cm³/mol. The Kier molecular flexibility index (Phi) is 15.0. The molecule has 0 saturated carbocycles. The van der Waals surface area contributed by atoms with E-state index in [0.29, 0.717) is 0 Å². The van der Waals surface area contributed by atoms with E-state index in [0.717, 1.165) is 11.2 Å². The lowest BCUT2D eigenvalue weighted by Crippen LogP contribution is -1.81. The summed E-state index contributed by atoms with van der Waals surface area (Å²) in [5, 5.41) is 0.994. The summed E-state index contributed by atoms with van der Waals surface area (Å²) >= 11 is 8.99. The van der Waals surface area contributed by atoms with Crippen molar-refractivity contribution in [3.8, 4) is 0 Å². The molecular weight excluding hydrogens is 271 g/mol. The van der Waals surface area contributed by atoms with Gasteiger partial charge in [0.05, 0.1) is 0 Å². The number of alkyl halides is 2. The molecule has 0 aromatic carbocycles. The van der Waals surface area contributed by atoms with Gasteiger partial charge in [-0.05, 0) is 19.3 Å². The maximum Gasteiger partial charge on any atom is 0.0223 e. The number of unbranched alkanes of at least 4 members (excludes halogenated alkanes) is 8. The summed E-state index contributed by atoms with van der Waals surface area (Å²) in [5.41, 5.74) is 0. The van der Waals surface area contributed by atoms with Gasteiger partial charge in [0.1, 0.15) is 0 Å².